The maximum Gasteiger partial charge on any atom is 0.0780 e. The molecule has 1 heteroatoms. The van der Waals surface area contributed by atoms with Crippen LogP contribution in [0.1, 0.15) is 11.1 Å². The molecule has 0 aliphatic heterocycles. The van der Waals surface area contributed by atoms with Crippen LogP contribution in [-0.4, -0.2) is 4.98 Å². The maximum atomic E-state index is 4.61. The van der Waals surface area contributed by atoms with Gasteiger partial charge in [-0.05, 0) is 24.8 Å². The molecule has 0 aliphatic rings. The summed E-state index contributed by atoms with van der Waals surface area (Å²) in [6, 6.07) is 17.0. The molecule has 0 saturated carbocycles. The van der Waals surface area contributed by atoms with Crippen molar-refractivity contribution in [2.24, 2.45) is 0 Å². The standard InChI is InChI=1S/C17H15N/c1-12-7-9-14(10-8-12)17-16-6-4-3-5-15(16)13(2)11-18-17/h3-11H,1-2H3. The number of hydrogen-bond acceptors (Lipinski definition) is 1. The third-order valence-corrected chi connectivity index (χ3v) is 3.32. The Balaban J connectivity index is 2.30. The van der Waals surface area contributed by atoms with Crippen LogP contribution in [0, 0.1) is 13.8 Å². The Kier molecular flexibility index (Phi) is 2.60. The van der Waals surface area contributed by atoms with E-state index < -0.39 is 0 Å². The molecule has 1 aromatic heterocycles. The predicted molar refractivity (Wildman–Crippen MR) is 76.7 cm³/mol. The van der Waals surface area contributed by atoms with Crippen LogP contribution in [-0.2, 0) is 0 Å². The highest BCUT2D eigenvalue weighted by atomic mass is 14.7. The topological polar surface area (TPSA) is 12.9 Å². The zero-order valence-corrected chi connectivity index (χ0v) is 10.6. The highest BCUT2D eigenvalue weighted by Gasteiger charge is 2.06. The van der Waals surface area contributed by atoms with Crippen molar-refractivity contribution in [3.05, 3.63) is 65.9 Å². The highest BCUT2D eigenvalue weighted by Crippen LogP contribution is 2.28. The first-order valence-corrected chi connectivity index (χ1v) is 6.17. The maximum absolute atomic E-state index is 4.61. The average Bonchev–Trinajstić information content (AvgIpc) is 2.41. The van der Waals surface area contributed by atoms with Gasteiger partial charge >= 0.3 is 0 Å². The minimum atomic E-state index is 1.07. The molecule has 0 fully saturated rings. The van der Waals surface area contributed by atoms with Gasteiger partial charge in [0.2, 0.25) is 0 Å². The molecule has 0 N–H and O–H groups in total. The highest BCUT2D eigenvalue weighted by molar-refractivity contribution is 5.96. The Morgan fingerprint density at radius 1 is 0.778 bits per heavy atom. The number of fused-ring (bicyclic) bond motifs is 1. The molecule has 0 atom stereocenters. The van der Waals surface area contributed by atoms with Crippen LogP contribution in [0.15, 0.2) is 54.7 Å². The lowest BCUT2D eigenvalue weighted by molar-refractivity contribution is 1.30. The van der Waals surface area contributed by atoms with E-state index >= 15 is 0 Å². The quantitative estimate of drug-likeness (QED) is 0.602. The predicted octanol–water partition coefficient (Wildman–Crippen LogP) is 4.52. The van der Waals surface area contributed by atoms with E-state index in [1.54, 1.807) is 0 Å². The molecule has 0 unspecified atom stereocenters. The second kappa shape index (κ2) is 4.26. The zero-order valence-electron chi connectivity index (χ0n) is 10.6. The van der Waals surface area contributed by atoms with Crippen molar-refractivity contribution >= 4 is 10.8 Å². The molecule has 1 heterocycles. The van der Waals surface area contributed by atoms with Gasteiger partial charge in [0, 0.05) is 17.1 Å². The van der Waals surface area contributed by atoms with E-state index in [0.717, 1.165) is 5.69 Å². The molecule has 2 aromatic carbocycles. The second-order valence-corrected chi connectivity index (χ2v) is 4.70. The lowest BCUT2D eigenvalue weighted by Gasteiger charge is -2.08. The molecule has 18 heavy (non-hydrogen) atoms. The van der Waals surface area contributed by atoms with Gasteiger partial charge < -0.3 is 0 Å². The summed E-state index contributed by atoms with van der Waals surface area (Å²) in [6.45, 7) is 4.21. The number of hydrogen-bond donors (Lipinski definition) is 0. The average molecular weight is 233 g/mol. The Morgan fingerprint density at radius 2 is 1.44 bits per heavy atom. The third kappa shape index (κ3) is 1.78. The van der Waals surface area contributed by atoms with Gasteiger partial charge in [-0.3, -0.25) is 4.98 Å². The van der Waals surface area contributed by atoms with E-state index in [0.29, 0.717) is 0 Å². The number of pyridine rings is 1. The molecule has 88 valence electrons. The minimum Gasteiger partial charge on any atom is -0.255 e. The largest absolute Gasteiger partial charge is 0.255 e. The van der Waals surface area contributed by atoms with E-state index in [4.69, 9.17) is 0 Å². The third-order valence-electron chi connectivity index (χ3n) is 3.32. The summed E-state index contributed by atoms with van der Waals surface area (Å²) in [6.07, 6.45) is 1.96. The van der Waals surface area contributed by atoms with Gasteiger partial charge in [0.05, 0.1) is 5.69 Å². The lowest BCUT2D eigenvalue weighted by Crippen LogP contribution is -1.88. The molecule has 0 saturated heterocycles. The van der Waals surface area contributed by atoms with Crippen molar-refractivity contribution in [3.63, 3.8) is 0 Å². The fourth-order valence-corrected chi connectivity index (χ4v) is 2.28. The molecule has 0 bridgehead atoms. The number of nitrogens with zero attached hydrogens (tertiary/aromatic N) is 1. The fourth-order valence-electron chi connectivity index (χ4n) is 2.28. The van der Waals surface area contributed by atoms with E-state index in [9.17, 15) is 0 Å². The number of rotatable bonds is 1. The monoisotopic (exact) mass is 233 g/mol. The Bertz CT molecular complexity index is 696. The molecule has 3 aromatic rings. The second-order valence-electron chi connectivity index (χ2n) is 4.70. The Morgan fingerprint density at radius 3 is 2.17 bits per heavy atom. The number of aryl methyl sites for hydroxylation is 2. The molecule has 0 amide bonds. The summed E-state index contributed by atoms with van der Waals surface area (Å²) in [5.74, 6) is 0. The number of benzene rings is 2. The van der Waals surface area contributed by atoms with Crippen molar-refractivity contribution in [1.29, 1.82) is 0 Å². The molecule has 0 aliphatic carbocycles. The normalized spacial score (nSPS) is 10.8. The van der Waals surface area contributed by atoms with E-state index in [2.05, 4.69) is 67.4 Å². The van der Waals surface area contributed by atoms with Gasteiger partial charge in [-0.15, -0.1) is 0 Å². The smallest absolute Gasteiger partial charge is 0.0780 e. The van der Waals surface area contributed by atoms with E-state index in [1.165, 1.54) is 27.5 Å². The summed E-state index contributed by atoms with van der Waals surface area (Å²) in [7, 11) is 0. The van der Waals surface area contributed by atoms with Crippen molar-refractivity contribution < 1.29 is 0 Å². The van der Waals surface area contributed by atoms with E-state index in [-0.39, 0.29) is 0 Å². The van der Waals surface area contributed by atoms with E-state index in [1.807, 2.05) is 6.20 Å². The summed E-state index contributed by atoms with van der Waals surface area (Å²) < 4.78 is 0. The van der Waals surface area contributed by atoms with Crippen LogP contribution in [0.3, 0.4) is 0 Å². The van der Waals surface area contributed by atoms with Crippen LogP contribution in [0.5, 0.6) is 0 Å². The number of aromatic nitrogens is 1. The molecular formula is C17H15N. The summed E-state index contributed by atoms with van der Waals surface area (Å²) >= 11 is 0. The van der Waals surface area contributed by atoms with Crippen LogP contribution in [0.4, 0.5) is 0 Å². The first kappa shape index (κ1) is 11.0. The van der Waals surface area contributed by atoms with Crippen LogP contribution in [0.2, 0.25) is 0 Å². The van der Waals surface area contributed by atoms with Gasteiger partial charge in [-0.2, -0.15) is 0 Å². The van der Waals surface area contributed by atoms with Crippen molar-refractivity contribution in [2.45, 2.75) is 13.8 Å². The van der Waals surface area contributed by atoms with Crippen LogP contribution in [0.25, 0.3) is 22.0 Å². The molecule has 3 rings (SSSR count). The molecular weight excluding hydrogens is 218 g/mol. The molecule has 1 nitrogen and oxygen atoms in total. The van der Waals surface area contributed by atoms with Gasteiger partial charge in [-0.25, -0.2) is 0 Å². The first-order valence-electron chi connectivity index (χ1n) is 6.17. The summed E-state index contributed by atoms with van der Waals surface area (Å²) in [4.78, 5) is 4.61. The molecule has 0 spiro atoms. The van der Waals surface area contributed by atoms with Crippen molar-refractivity contribution in [3.8, 4) is 11.3 Å². The van der Waals surface area contributed by atoms with Crippen LogP contribution >= 0.6 is 0 Å². The Labute approximate surface area is 107 Å². The molecule has 0 radical (unpaired) electrons. The summed E-state index contributed by atoms with van der Waals surface area (Å²) in [5, 5.41) is 2.50. The van der Waals surface area contributed by atoms with Gasteiger partial charge in [0.1, 0.15) is 0 Å². The van der Waals surface area contributed by atoms with Gasteiger partial charge in [0.25, 0.3) is 0 Å². The SMILES string of the molecule is Cc1ccc(-c2ncc(C)c3ccccc23)cc1. The lowest BCUT2D eigenvalue weighted by atomic mass is 10.0. The summed E-state index contributed by atoms with van der Waals surface area (Å²) in [5.41, 5.74) is 4.74. The van der Waals surface area contributed by atoms with Gasteiger partial charge in [0.15, 0.2) is 0 Å². The first-order chi connectivity index (χ1) is 8.75. The van der Waals surface area contributed by atoms with Gasteiger partial charge in [-0.1, -0.05) is 54.1 Å². The van der Waals surface area contributed by atoms with Crippen molar-refractivity contribution in [1.82, 2.24) is 4.98 Å². The fraction of sp³-hybridized carbons (Fsp3) is 0.118. The van der Waals surface area contributed by atoms with Crippen molar-refractivity contribution in [2.75, 3.05) is 0 Å². The van der Waals surface area contributed by atoms with Crippen LogP contribution < -0.4 is 0 Å². The Hall–Kier alpha value is -2.15. The minimum absolute atomic E-state index is 1.07. The zero-order chi connectivity index (χ0) is 12.5.